The summed E-state index contributed by atoms with van der Waals surface area (Å²) in [5.41, 5.74) is 2.09. The van der Waals surface area contributed by atoms with E-state index in [0.29, 0.717) is 21.9 Å². The molecule has 1 aliphatic rings. The van der Waals surface area contributed by atoms with Crippen molar-refractivity contribution in [3.8, 4) is 6.07 Å². The number of hydrogen-bond donors (Lipinski definition) is 1. The van der Waals surface area contributed by atoms with Gasteiger partial charge in [-0.25, -0.2) is 5.10 Å². The molecule has 0 amide bonds. The average molecular weight is 455 g/mol. The van der Waals surface area contributed by atoms with E-state index in [-0.39, 0.29) is 5.56 Å². The van der Waals surface area contributed by atoms with Crippen molar-refractivity contribution in [2.45, 2.75) is 10.6 Å². The molecule has 6 nitrogen and oxygen atoms in total. The van der Waals surface area contributed by atoms with Gasteiger partial charge in [0.1, 0.15) is 4.90 Å². The number of halogens is 1. The third-order valence-corrected chi connectivity index (χ3v) is 6.02. The molecule has 3 rings (SSSR count). The summed E-state index contributed by atoms with van der Waals surface area (Å²) >= 11 is 5.02. The molecule has 1 N–H and O–H groups in total. The number of H-pyrrole nitrogens is 1. The minimum atomic E-state index is -0.223. The van der Waals surface area contributed by atoms with Crippen molar-refractivity contribution in [1.29, 1.82) is 5.26 Å². The van der Waals surface area contributed by atoms with E-state index in [0.717, 1.165) is 13.5 Å². The van der Waals surface area contributed by atoms with Crippen LogP contribution in [0.3, 0.4) is 0 Å². The summed E-state index contributed by atoms with van der Waals surface area (Å²) in [6.45, 7) is 0. The summed E-state index contributed by atoms with van der Waals surface area (Å²) < 4.78 is 1.80. The smallest absolute Gasteiger partial charge is 0.267 e. The molecule has 1 aliphatic heterocycles. The van der Waals surface area contributed by atoms with Gasteiger partial charge in [-0.3, -0.25) is 9.80 Å². The molecule has 1 aromatic carbocycles. The Morgan fingerprint density at radius 2 is 2.35 bits per heavy atom. The molecule has 23 heavy (non-hydrogen) atoms. The van der Waals surface area contributed by atoms with E-state index < -0.39 is 0 Å². The first-order chi connectivity index (χ1) is 11.1. The lowest BCUT2D eigenvalue weighted by atomic mass is 10.1. The summed E-state index contributed by atoms with van der Waals surface area (Å²) in [7, 11) is 1.78. The minimum Gasteiger partial charge on any atom is -0.267 e. The second kappa shape index (κ2) is 6.94. The second-order valence-corrected chi connectivity index (χ2v) is 8.07. The van der Waals surface area contributed by atoms with Gasteiger partial charge in [-0.1, -0.05) is 29.6 Å². The Bertz CT molecular complexity index is 889. The van der Waals surface area contributed by atoms with Gasteiger partial charge in [0.15, 0.2) is 4.38 Å². The maximum atomic E-state index is 11.9. The van der Waals surface area contributed by atoms with Crippen LogP contribution in [-0.2, 0) is 5.75 Å². The zero-order chi connectivity index (χ0) is 16.4. The Morgan fingerprint density at radius 1 is 1.52 bits per heavy atom. The van der Waals surface area contributed by atoms with Gasteiger partial charge < -0.3 is 0 Å². The highest BCUT2D eigenvalue weighted by Crippen LogP contribution is 2.36. The van der Waals surface area contributed by atoms with Crippen LogP contribution >= 0.6 is 46.1 Å². The number of benzene rings is 1. The maximum absolute atomic E-state index is 11.9. The number of hydrazone groups is 1. The highest BCUT2D eigenvalue weighted by atomic mass is 127. The third kappa shape index (κ3) is 3.54. The fraction of sp³-hybridized carbons (Fsp3) is 0.143. The Balaban J connectivity index is 1.79. The van der Waals surface area contributed by atoms with Crippen LogP contribution in [0.4, 0.5) is 5.69 Å². The highest BCUT2D eigenvalue weighted by molar-refractivity contribution is 14.1. The van der Waals surface area contributed by atoms with Crippen LogP contribution in [-0.4, -0.2) is 21.6 Å². The number of aromatic nitrogens is 2. The molecule has 0 bridgehead atoms. The molecule has 0 saturated heterocycles. The van der Waals surface area contributed by atoms with Crippen LogP contribution in [0.1, 0.15) is 11.1 Å². The van der Waals surface area contributed by atoms with Crippen molar-refractivity contribution in [1.82, 2.24) is 10.2 Å². The molecule has 0 spiro atoms. The van der Waals surface area contributed by atoms with Crippen molar-refractivity contribution in [2.24, 2.45) is 5.10 Å². The molecule has 0 fully saturated rings. The molecular weight excluding hydrogens is 445 g/mol. The lowest BCUT2D eigenvalue weighted by Gasteiger charge is -2.21. The van der Waals surface area contributed by atoms with Gasteiger partial charge in [-0.2, -0.15) is 15.5 Å². The summed E-state index contributed by atoms with van der Waals surface area (Å²) in [6, 6.07) is 8.02. The fourth-order valence-corrected chi connectivity index (χ4v) is 4.60. The average Bonchev–Trinajstić information content (AvgIpc) is 2.54. The Kier molecular flexibility index (Phi) is 4.93. The standard InChI is InChI=1S/C14H10IN5OS2/c1-20-11-6-17-18-13(21)12(11)23-14(19-20)22-7-8-2-3-10(15)4-9(8)5-16/h2-4,6H,7H2,1H3,(H,18,21). The van der Waals surface area contributed by atoms with Crippen LogP contribution in [0.15, 0.2) is 39.2 Å². The summed E-state index contributed by atoms with van der Waals surface area (Å²) in [5, 5.41) is 21.6. The molecule has 0 radical (unpaired) electrons. The summed E-state index contributed by atoms with van der Waals surface area (Å²) in [6.07, 6.45) is 1.58. The number of anilines is 1. The van der Waals surface area contributed by atoms with Gasteiger partial charge in [-0.05, 0) is 40.3 Å². The van der Waals surface area contributed by atoms with Gasteiger partial charge in [0, 0.05) is 16.4 Å². The van der Waals surface area contributed by atoms with E-state index >= 15 is 0 Å². The van der Waals surface area contributed by atoms with Crippen molar-refractivity contribution in [3.05, 3.63) is 49.4 Å². The number of rotatable bonds is 2. The number of fused-ring (bicyclic) bond motifs is 1. The van der Waals surface area contributed by atoms with Crippen molar-refractivity contribution in [3.63, 3.8) is 0 Å². The SMILES string of the molecule is CN1N=C(SCc2ccc(I)cc2C#N)Sc2c1cn[nH]c2=O. The monoisotopic (exact) mass is 455 g/mol. The first-order valence-corrected chi connectivity index (χ1v) is 9.36. The van der Waals surface area contributed by atoms with E-state index in [2.05, 4.69) is 44.0 Å². The molecular formula is C14H10IN5OS2. The van der Waals surface area contributed by atoms with Crippen LogP contribution in [0, 0.1) is 14.9 Å². The molecule has 0 saturated carbocycles. The van der Waals surface area contributed by atoms with Gasteiger partial charge in [-0.15, -0.1) is 0 Å². The van der Waals surface area contributed by atoms with Crippen LogP contribution in [0.2, 0.25) is 0 Å². The Hall–Kier alpha value is -1.51. The van der Waals surface area contributed by atoms with Crippen molar-refractivity contribution < 1.29 is 0 Å². The molecule has 2 heterocycles. The molecule has 0 atom stereocenters. The predicted molar refractivity (Wildman–Crippen MR) is 102 cm³/mol. The number of nitriles is 1. The maximum Gasteiger partial charge on any atom is 0.280 e. The largest absolute Gasteiger partial charge is 0.280 e. The van der Waals surface area contributed by atoms with Gasteiger partial charge >= 0.3 is 0 Å². The second-order valence-electron chi connectivity index (χ2n) is 4.61. The number of thioether (sulfide) groups is 2. The fourth-order valence-electron chi connectivity index (χ4n) is 1.97. The van der Waals surface area contributed by atoms with E-state index in [9.17, 15) is 10.1 Å². The lowest BCUT2D eigenvalue weighted by Crippen LogP contribution is -2.22. The zero-order valence-electron chi connectivity index (χ0n) is 11.9. The first-order valence-electron chi connectivity index (χ1n) is 6.47. The highest BCUT2D eigenvalue weighted by Gasteiger charge is 2.21. The molecule has 116 valence electrons. The van der Waals surface area contributed by atoms with Crippen LogP contribution in [0.5, 0.6) is 0 Å². The van der Waals surface area contributed by atoms with Crippen molar-refractivity contribution >= 4 is 56.2 Å². The number of nitrogens with one attached hydrogen (secondary N) is 1. The molecule has 2 aromatic rings. The molecule has 9 heteroatoms. The Morgan fingerprint density at radius 3 is 3.13 bits per heavy atom. The minimum absolute atomic E-state index is 0.223. The topological polar surface area (TPSA) is 85.1 Å². The van der Waals surface area contributed by atoms with E-state index in [1.165, 1.54) is 23.5 Å². The van der Waals surface area contributed by atoms with E-state index in [1.54, 1.807) is 18.3 Å². The van der Waals surface area contributed by atoms with E-state index in [4.69, 9.17) is 0 Å². The summed E-state index contributed by atoms with van der Waals surface area (Å²) in [5.74, 6) is 0.623. The molecule has 0 unspecified atom stereocenters. The van der Waals surface area contributed by atoms with Crippen molar-refractivity contribution in [2.75, 3.05) is 12.1 Å². The summed E-state index contributed by atoms with van der Waals surface area (Å²) in [4.78, 5) is 12.5. The van der Waals surface area contributed by atoms with Crippen LogP contribution < -0.4 is 10.6 Å². The van der Waals surface area contributed by atoms with E-state index in [1.807, 2.05) is 18.2 Å². The normalized spacial score (nSPS) is 13.3. The Labute approximate surface area is 154 Å². The first kappa shape index (κ1) is 16.4. The predicted octanol–water partition coefficient (Wildman–Crippen LogP) is 2.99. The quantitative estimate of drug-likeness (QED) is 0.701. The lowest BCUT2D eigenvalue weighted by molar-refractivity contribution is 0.899. The molecule has 0 aliphatic carbocycles. The van der Waals surface area contributed by atoms with Crippen LogP contribution in [0.25, 0.3) is 0 Å². The molecule has 1 aromatic heterocycles. The number of hydrogen-bond acceptors (Lipinski definition) is 7. The zero-order valence-corrected chi connectivity index (χ0v) is 15.7. The van der Waals surface area contributed by atoms with Gasteiger partial charge in [0.25, 0.3) is 5.56 Å². The third-order valence-electron chi connectivity index (χ3n) is 3.10. The van der Waals surface area contributed by atoms with Gasteiger partial charge in [0.2, 0.25) is 0 Å². The van der Waals surface area contributed by atoms with Gasteiger partial charge in [0.05, 0.1) is 23.5 Å². The number of nitrogens with zero attached hydrogens (tertiary/aromatic N) is 4. The number of aromatic amines is 1.